The topological polar surface area (TPSA) is 22.1 Å². The minimum Gasteiger partial charge on any atom is -0.497 e. The zero-order chi connectivity index (χ0) is 14.8. The van der Waals surface area contributed by atoms with Crippen LogP contribution in [-0.4, -0.2) is 12.1 Å². The van der Waals surface area contributed by atoms with Crippen molar-refractivity contribution in [1.29, 1.82) is 0 Å². The first-order valence-electron chi connectivity index (χ1n) is 6.51. The first kappa shape index (κ1) is 13.5. The largest absolute Gasteiger partial charge is 0.497 e. The van der Waals surface area contributed by atoms with E-state index in [-0.39, 0.29) is 5.56 Å². The molecule has 0 saturated heterocycles. The van der Waals surface area contributed by atoms with Crippen LogP contribution in [0, 0.1) is 0 Å². The minimum atomic E-state index is -2.53. The van der Waals surface area contributed by atoms with Gasteiger partial charge in [0, 0.05) is 16.5 Å². The van der Waals surface area contributed by atoms with Crippen LogP contribution in [0.1, 0.15) is 12.0 Å². The van der Waals surface area contributed by atoms with Gasteiger partial charge in [-0.2, -0.15) is 0 Å². The second-order valence-corrected chi connectivity index (χ2v) is 4.64. The van der Waals surface area contributed by atoms with Gasteiger partial charge < -0.3 is 4.74 Å². The number of aromatic nitrogens is 1. The smallest absolute Gasteiger partial charge is 0.264 e. The molecule has 0 spiro atoms. The van der Waals surface area contributed by atoms with Crippen LogP contribution in [0.25, 0.3) is 22.2 Å². The fourth-order valence-corrected chi connectivity index (χ4v) is 2.29. The molecular weight excluding hydrogens is 272 g/mol. The van der Waals surface area contributed by atoms with Crippen molar-refractivity contribution in [3.8, 4) is 17.0 Å². The Morgan fingerprint density at radius 2 is 1.71 bits per heavy atom. The number of halogens is 2. The van der Waals surface area contributed by atoms with Gasteiger partial charge in [-0.3, -0.25) is 0 Å². The number of nitrogens with zero attached hydrogens (tertiary/aromatic N) is 1. The van der Waals surface area contributed by atoms with Gasteiger partial charge >= 0.3 is 0 Å². The lowest BCUT2D eigenvalue weighted by atomic mass is 10.0. The predicted molar refractivity (Wildman–Crippen MR) is 78.7 cm³/mol. The molecule has 3 rings (SSSR count). The molecule has 2 aromatic carbocycles. The van der Waals surface area contributed by atoms with Crippen LogP contribution in [0.3, 0.4) is 0 Å². The molecule has 106 valence electrons. The van der Waals surface area contributed by atoms with Crippen molar-refractivity contribution in [2.45, 2.75) is 6.43 Å². The number of fused-ring (bicyclic) bond motifs is 1. The molecule has 1 aromatic heterocycles. The molecule has 21 heavy (non-hydrogen) atoms. The van der Waals surface area contributed by atoms with Crippen LogP contribution in [0.5, 0.6) is 5.75 Å². The summed E-state index contributed by atoms with van der Waals surface area (Å²) < 4.78 is 31.6. The summed E-state index contributed by atoms with van der Waals surface area (Å²) in [5.41, 5.74) is 1.89. The van der Waals surface area contributed by atoms with Crippen LogP contribution < -0.4 is 4.74 Å². The van der Waals surface area contributed by atoms with E-state index in [2.05, 4.69) is 4.98 Å². The summed E-state index contributed by atoms with van der Waals surface area (Å²) in [6, 6.07) is 15.6. The van der Waals surface area contributed by atoms with Gasteiger partial charge in [0.2, 0.25) is 0 Å². The second-order valence-electron chi connectivity index (χ2n) is 4.64. The van der Waals surface area contributed by atoms with E-state index in [1.54, 1.807) is 43.5 Å². The number of ether oxygens (including phenoxy) is 1. The molecule has 0 unspecified atom stereocenters. The third-order valence-corrected chi connectivity index (χ3v) is 3.37. The number of hydrogen-bond donors (Lipinski definition) is 0. The molecule has 1 heterocycles. The highest BCUT2D eigenvalue weighted by Gasteiger charge is 2.14. The van der Waals surface area contributed by atoms with E-state index in [1.807, 2.05) is 12.1 Å². The van der Waals surface area contributed by atoms with Crippen LogP contribution in [0.15, 0.2) is 54.6 Å². The molecule has 0 fully saturated rings. The Labute approximate surface area is 121 Å². The van der Waals surface area contributed by atoms with Gasteiger partial charge in [0.05, 0.1) is 18.3 Å². The fourth-order valence-electron chi connectivity index (χ4n) is 2.29. The average Bonchev–Trinajstić information content (AvgIpc) is 2.53. The highest BCUT2D eigenvalue weighted by atomic mass is 19.3. The van der Waals surface area contributed by atoms with E-state index in [9.17, 15) is 8.78 Å². The van der Waals surface area contributed by atoms with Crippen LogP contribution in [0.2, 0.25) is 0 Å². The molecule has 0 aliphatic carbocycles. The van der Waals surface area contributed by atoms with Crippen molar-refractivity contribution in [2.75, 3.05) is 7.11 Å². The third-order valence-electron chi connectivity index (χ3n) is 3.37. The van der Waals surface area contributed by atoms with Gasteiger partial charge in [0.15, 0.2) is 0 Å². The molecule has 0 bridgehead atoms. The van der Waals surface area contributed by atoms with Gasteiger partial charge in [-0.05, 0) is 36.4 Å². The van der Waals surface area contributed by atoms with E-state index in [1.165, 1.54) is 6.07 Å². The lowest BCUT2D eigenvalue weighted by Gasteiger charge is -2.09. The van der Waals surface area contributed by atoms with Gasteiger partial charge in [-0.15, -0.1) is 0 Å². The molecule has 0 aliphatic rings. The third kappa shape index (κ3) is 2.57. The molecular formula is C17H13F2NO. The van der Waals surface area contributed by atoms with Gasteiger partial charge in [-0.1, -0.05) is 18.2 Å². The number of hydrogen-bond acceptors (Lipinski definition) is 2. The summed E-state index contributed by atoms with van der Waals surface area (Å²) in [5, 5.41) is 0.491. The Morgan fingerprint density at radius 1 is 1.00 bits per heavy atom. The maximum atomic E-state index is 13.3. The van der Waals surface area contributed by atoms with Crippen LogP contribution in [0.4, 0.5) is 8.78 Å². The summed E-state index contributed by atoms with van der Waals surface area (Å²) in [4.78, 5) is 4.47. The van der Waals surface area contributed by atoms with Crippen molar-refractivity contribution < 1.29 is 13.5 Å². The lowest BCUT2D eigenvalue weighted by molar-refractivity contribution is 0.153. The van der Waals surface area contributed by atoms with Crippen molar-refractivity contribution in [3.63, 3.8) is 0 Å². The first-order chi connectivity index (χ1) is 10.2. The molecule has 2 nitrogen and oxygen atoms in total. The summed E-state index contributed by atoms with van der Waals surface area (Å²) in [7, 11) is 1.58. The standard InChI is InChI=1S/C17H13F2NO/c1-21-12-8-6-11(7-9-12)16-10-14(17(18)19)13-4-2-3-5-15(13)20-16/h2-10,17H,1H3. The molecule has 0 radical (unpaired) electrons. The van der Waals surface area contributed by atoms with Gasteiger partial charge in [0.1, 0.15) is 5.75 Å². The minimum absolute atomic E-state index is 0.00594. The summed E-state index contributed by atoms with van der Waals surface area (Å²) in [5.74, 6) is 0.716. The maximum Gasteiger partial charge on any atom is 0.264 e. The average molecular weight is 285 g/mol. The molecule has 0 saturated carbocycles. The predicted octanol–water partition coefficient (Wildman–Crippen LogP) is 4.85. The highest BCUT2D eigenvalue weighted by Crippen LogP contribution is 2.31. The van der Waals surface area contributed by atoms with Crippen molar-refractivity contribution in [2.24, 2.45) is 0 Å². The fraction of sp³-hybridized carbons (Fsp3) is 0.118. The van der Waals surface area contributed by atoms with E-state index >= 15 is 0 Å². The maximum absolute atomic E-state index is 13.3. The Kier molecular flexibility index (Phi) is 3.52. The Balaban J connectivity index is 2.18. The number of pyridine rings is 1. The van der Waals surface area contributed by atoms with Crippen molar-refractivity contribution in [3.05, 3.63) is 60.2 Å². The Morgan fingerprint density at radius 3 is 2.38 bits per heavy atom. The number of methoxy groups -OCH3 is 1. The number of benzene rings is 2. The number of rotatable bonds is 3. The summed E-state index contributed by atoms with van der Waals surface area (Å²) in [6.07, 6.45) is -2.53. The van der Waals surface area contributed by atoms with Crippen molar-refractivity contribution in [1.82, 2.24) is 4.98 Å². The van der Waals surface area contributed by atoms with Crippen LogP contribution in [-0.2, 0) is 0 Å². The molecule has 0 N–H and O–H groups in total. The zero-order valence-electron chi connectivity index (χ0n) is 11.4. The van der Waals surface area contributed by atoms with E-state index in [0.29, 0.717) is 22.3 Å². The molecule has 3 aromatic rings. The van der Waals surface area contributed by atoms with E-state index in [4.69, 9.17) is 4.74 Å². The number of para-hydroxylation sites is 1. The molecule has 0 aliphatic heterocycles. The molecule has 0 atom stereocenters. The number of alkyl halides is 2. The van der Waals surface area contributed by atoms with E-state index in [0.717, 1.165) is 5.56 Å². The Hall–Kier alpha value is -2.49. The SMILES string of the molecule is COc1ccc(-c2cc(C(F)F)c3ccccc3n2)cc1. The molecule has 0 amide bonds. The van der Waals surface area contributed by atoms with Gasteiger partial charge in [-0.25, -0.2) is 13.8 Å². The summed E-state index contributed by atoms with van der Waals surface area (Å²) >= 11 is 0. The first-order valence-corrected chi connectivity index (χ1v) is 6.51. The highest BCUT2D eigenvalue weighted by molar-refractivity contribution is 5.85. The Bertz CT molecular complexity index is 769. The molecule has 4 heteroatoms. The zero-order valence-corrected chi connectivity index (χ0v) is 11.4. The monoisotopic (exact) mass is 285 g/mol. The second kappa shape index (κ2) is 5.48. The van der Waals surface area contributed by atoms with Gasteiger partial charge in [0.25, 0.3) is 6.43 Å². The quantitative estimate of drug-likeness (QED) is 0.686. The van der Waals surface area contributed by atoms with Crippen LogP contribution >= 0.6 is 0 Å². The lowest BCUT2D eigenvalue weighted by Crippen LogP contribution is -1.93. The van der Waals surface area contributed by atoms with E-state index < -0.39 is 6.43 Å². The summed E-state index contributed by atoms with van der Waals surface area (Å²) in [6.45, 7) is 0. The van der Waals surface area contributed by atoms with Crippen molar-refractivity contribution >= 4 is 10.9 Å². The normalized spacial score (nSPS) is 11.0.